The summed E-state index contributed by atoms with van der Waals surface area (Å²) in [6, 6.07) is 9.30. The van der Waals surface area contributed by atoms with Crippen LogP contribution in [-0.4, -0.2) is 19.5 Å². The molecule has 0 radical (unpaired) electrons. The standard InChI is InChI=1S/C15H13F4NO2/c16-13-4-2-1-3-11(13)12-6-5-10(21-8-7-20)9-14(12)22-15(17,18)19/h1-6,9H,7-8,20H2. The third kappa shape index (κ3) is 4.11. The molecule has 0 spiro atoms. The van der Waals surface area contributed by atoms with Crippen LogP contribution < -0.4 is 15.2 Å². The van der Waals surface area contributed by atoms with Gasteiger partial charge in [-0.2, -0.15) is 0 Å². The molecule has 0 bridgehead atoms. The first kappa shape index (κ1) is 16.1. The summed E-state index contributed by atoms with van der Waals surface area (Å²) in [5.74, 6) is -1.03. The van der Waals surface area contributed by atoms with Crippen LogP contribution in [0.1, 0.15) is 0 Å². The lowest BCUT2D eigenvalue weighted by molar-refractivity contribution is -0.274. The Morgan fingerprint density at radius 2 is 1.73 bits per heavy atom. The van der Waals surface area contributed by atoms with Gasteiger partial charge < -0.3 is 15.2 Å². The Labute approximate surface area is 124 Å². The van der Waals surface area contributed by atoms with Crippen LogP contribution in [0.15, 0.2) is 42.5 Å². The molecule has 3 nitrogen and oxygen atoms in total. The second-order valence-corrected chi connectivity index (χ2v) is 4.32. The number of halogens is 4. The summed E-state index contributed by atoms with van der Waals surface area (Å²) in [5.41, 5.74) is 5.26. The molecule has 2 rings (SSSR count). The molecule has 0 atom stereocenters. The summed E-state index contributed by atoms with van der Waals surface area (Å²) in [7, 11) is 0. The van der Waals surface area contributed by atoms with Crippen molar-refractivity contribution in [2.75, 3.05) is 13.2 Å². The Morgan fingerprint density at radius 1 is 1.00 bits per heavy atom. The van der Waals surface area contributed by atoms with Crippen molar-refractivity contribution in [2.24, 2.45) is 5.73 Å². The van der Waals surface area contributed by atoms with Crippen LogP contribution in [0.2, 0.25) is 0 Å². The average molecular weight is 315 g/mol. The zero-order valence-electron chi connectivity index (χ0n) is 11.4. The van der Waals surface area contributed by atoms with Crippen molar-refractivity contribution < 1.29 is 27.0 Å². The minimum Gasteiger partial charge on any atom is -0.492 e. The molecule has 118 valence electrons. The van der Waals surface area contributed by atoms with Crippen LogP contribution in [0.25, 0.3) is 11.1 Å². The van der Waals surface area contributed by atoms with Gasteiger partial charge in [0.1, 0.15) is 23.9 Å². The van der Waals surface area contributed by atoms with Gasteiger partial charge in [-0.3, -0.25) is 0 Å². The molecule has 0 saturated carbocycles. The topological polar surface area (TPSA) is 44.5 Å². The van der Waals surface area contributed by atoms with Crippen molar-refractivity contribution >= 4 is 0 Å². The number of ether oxygens (including phenoxy) is 2. The molecule has 0 aliphatic heterocycles. The maximum atomic E-state index is 13.8. The van der Waals surface area contributed by atoms with Crippen molar-refractivity contribution in [2.45, 2.75) is 6.36 Å². The minimum atomic E-state index is -4.90. The number of nitrogens with two attached hydrogens (primary N) is 1. The van der Waals surface area contributed by atoms with E-state index in [9.17, 15) is 17.6 Å². The SMILES string of the molecule is NCCOc1ccc(-c2ccccc2F)c(OC(F)(F)F)c1. The van der Waals surface area contributed by atoms with Gasteiger partial charge in [-0.15, -0.1) is 13.2 Å². The molecule has 2 aromatic carbocycles. The highest BCUT2D eigenvalue weighted by molar-refractivity contribution is 5.72. The highest BCUT2D eigenvalue weighted by Crippen LogP contribution is 2.37. The van der Waals surface area contributed by atoms with E-state index in [0.29, 0.717) is 0 Å². The van der Waals surface area contributed by atoms with Gasteiger partial charge in [-0.05, 0) is 18.2 Å². The van der Waals surface area contributed by atoms with Crippen LogP contribution in [0.4, 0.5) is 17.6 Å². The van der Waals surface area contributed by atoms with E-state index in [4.69, 9.17) is 10.5 Å². The van der Waals surface area contributed by atoms with Crippen molar-refractivity contribution in [3.05, 3.63) is 48.3 Å². The summed E-state index contributed by atoms with van der Waals surface area (Å²) in [4.78, 5) is 0. The molecule has 0 aliphatic rings. The van der Waals surface area contributed by atoms with Gasteiger partial charge in [-0.1, -0.05) is 18.2 Å². The molecule has 2 N–H and O–H groups in total. The lowest BCUT2D eigenvalue weighted by Gasteiger charge is -2.15. The van der Waals surface area contributed by atoms with E-state index in [2.05, 4.69) is 4.74 Å². The quantitative estimate of drug-likeness (QED) is 0.855. The summed E-state index contributed by atoms with van der Waals surface area (Å²) in [6.07, 6.45) is -4.90. The molecule has 2 aromatic rings. The van der Waals surface area contributed by atoms with Gasteiger partial charge in [0.15, 0.2) is 0 Å². The van der Waals surface area contributed by atoms with Crippen molar-refractivity contribution in [3.8, 4) is 22.6 Å². The Kier molecular flexibility index (Phi) is 4.87. The highest BCUT2D eigenvalue weighted by Gasteiger charge is 2.32. The molecule has 0 aliphatic carbocycles. The van der Waals surface area contributed by atoms with Crippen molar-refractivity contribution in [1.29, 1.82) is 0 Å². The lowest BCUT2D eigenvalue weighted by Crippen LogP contribution is -2.18. The van der Waals surface area contributed by atoms with E-state index < -0.39 is 17.9 Å². The molecule has 0 unspecified atom stereocenters. The third-order valence-electron chi connectivity index (χ3n) is 2.73. The maximum Gasteiger partial charge on any atom is 0.573 e. The molecule has 0 saturated heterocycles. The largest absolute Gasteiger partial charge is 0.573 e. The smallest absolute Gasteiger partial charge is 0.492 e. The number of benzene rings is 2. The zero-order valence-corrected chi connectivity index (χ0v) is 11.4. The van der Waals surface area contributed by atoms with Gasteiger partial charge in [0, 0.05) is 23.7 Å². The van der Waals surface area contributed by atoms with Gasteiger partial charge in [0.05, 0.1) is 0 Å². The van der Waals surface area contributed by atoms with Crippen molar-refractivity contribution in [1.82, 2.24) is 0 Å². The molecule has 0 fully saturated rings. The predicted octanol–water partition coefficient (Wildman–Crippen LogP) is 3.73. The monoisotopic (exact) mass is 315 g/mol. The first-order valence-corrected chi connectivity index (χ1v) is 6.38. The second-order valence-electron chi connectivity index (χ2n) is 4.32. The molecule has 0 aromatic heterocycles. The van der Waals surface area contributed by atoms with Crippen LogP contribution in [-0.2, 0) is 0 Å². The summed E-state index contributed by atoms with van der Waals surface area (Å²) >= 11 is 0. The Balaban J connectivity index is 2.46. The fourth-order valence-electron chi connectivity index (χ4n) is 1.88. The van der Waals surface area contributed by atoms with Crippen LogP contribution in [0.3, 0.4) is 0 Å². The summed E-state index contributed by atoms with van der Waals surface area (Å²) in [6.45, 7) is 0.356. The average Bonchev–Trinajstić information content (AvgIpc) is 2.44. The van der Waals surface area contributed by atoms with E-state index in [-0.39, 0.29) is 30.0 Å². The second kappa shape index (κ2) is 6.65. The highest BCUT2D eigenvalue weighted by atomic mass is 19.4. The number of alkyl halides is 3. The van der Waals surface area contributed by atoms with Crippen LogP contribution in [0, 0.1) is 5.82 Å². The van der Waals surface area contributed by atoms with Gasteiger partial charge >= 0.3 is 6.36 Å². The summed E-state index contributed by atoms with van der Waals surface area (Å²) < 4.78 is 60.6. The molecule has 7 heteroatoms. The number of hydrogen-bond acceptors (Lipinski definition) is 3. The maximum absolute atomic E-state index is 13.8. The molecule has 0 amide bonds. The minimum absolute atomic E-state index is 0.00660. The predicted molar refractivity (Wildman–Crippen MR) is 73.1 cm³/mol. The van der Waals surface area contributed by atoms with Gasteiger partial charge in [0.2, 0.25) is 0 Å². The molecular formula is C15H13F4NO2. The van der Waals surface area contributed by atoms with Gasteiger partial charge in [0.25, 0.3) is 0 Å². The van der Waals surface area contributed by atoms with Gasteiger partial charge in [-0.25, -0.2) is 4.39 Å². The van der Waals surface area contributed by atoms with Crippen molar-refractivity contribution in [3.63, 3.8) is 0 Å². The Morgan fingerprint density at radius 3 is 2.36 bits per heavy atom. The van der Waals surface area contributed by atoms with E-state index in [1.165, 1.54) is 30.3 Å². The van der Waals surface area contributed by atoms with E-state index in [1.807, 2.05) is 0 Å². The molecule has 22 heavy (non-hydrogen) atoms. The van der Waals surface area contributed by atoms with E-state index in [1.54, 1.807) is 0 Å². The number of rotatable bonds is 5. The number of hydrogen-bond donors (Lipinski definition) is 1. The fourth-order valence-corrected chi connectivity index (χ4v) is 1.88. The first-order valence-electron chi connectivity index (χ1n) is 6.38. The molecule has 0 heterocycles. The third-order valence-corrected chi connectivity index (χ3v) is 2.73. The zero-order chi connectivity index (χ0) is 16.2. The van der Waals surface area contributed by atoms with E-state index in [0.717, 1.165) is 12.1 Å². The normalized spacial score (nSPS) is 11.3. The lowest BCUT2D eigenvalue weighted by atomic mass is 10.0. The first-order chi connectivity index (χ1) is 10.4. The molecular weight excluding hydrogens is 302 g/mol. The summed E-state index contributed by atoms with van der Waals surface area (Å²) in [5, 5.41) is 0. The fraction of sp³-hybridized carbons (Fsp3) is 0.200. The Hall–Kier alpha value is -2.28. The van der Waals surface area contributed by atoms with Crippen LogP contribution in [0.5, 0.6) is 11.5 Å². The Bertz CT molecular complexity index is 644. The van der Waals surface area contributed by atoms with Crippen LogP contribution >= 0.6 is 0 Å². The van der Waals surface area contributed by atoms with E-state index >= 15 is 0 Å².